The molecule has 1 aromatic carbocycles. The molecular formula is C13H17BrN2O2. The third-order valence-corrected chi connectivity index (χ3v) is 3.77. The molecule has 0 radical (unpaired) electrons. The first-order valence-corrected chi connectivity index (χ1v) is 6.77. The molecule has 0 aliphatic carbocycles. The average molecular weight is 313 g/mol. The van der Waals surface area contributed by atoms with Crippen molar-refractivity contribution in [1.82, 2.24) is 4.90 Å². The van der Waals surface area contributed by atoms with E-state index < -0.39 is 0 Å². The fraction of sp³-hybridized carbons (Fsp3) is 0.462. The lowest BCUT2D eigenvalue weighted by atomic mass is 10.1. The highest BCUT2D eigenvalue weighted by molar-refractivity contribution is 9.10. The molecule has 1 fully saturated rings. The van der Waals surface area contributed by atoms with Crippen LogP contribution in [0.25, 0.3) is 0 Å². The molecule has 5 heteroatoms. The minimum Gasteiger partial charge on any atom is -0.371 e. The summed E-state index contributed by atoms with van der Waals surface area (Å²) in [4.78, 5) is 13.3. The number of carbonyl (C=O) groups is 1. The second-order valence-corrected chi connectivity index (χ2v) is 5.40. The normalized spacial score (nSPS) is 22.7. The topological polar surface area (TPSA) is 55.6 Å². The Morgan fingerprint density at radius 2 is 2.39 bits per heavy atom. The molecule has 2 atom stereocenters. The van der Waals surface area contributed by atoms with E-state index in [2.05, 4.69) is 20.8 Å². The van der Waals surface area contributed by atoms with Crippen LogP contribution in [0.1, 0.15) is 18.6 Å². The molecule has 1 aliphatic heterocycles. The van der Waals surface area contributed by atoms with E-state index >= 15 is 0 Å². The van der Waals surface area contributed by atoms with Crippen LogP contribution in [-0.2, 0) is 9.53 Å². The maximum atomic E-state index is 11.2. The van der Waals surface area contributed by atoms with Crippen LogP contribution in [0.3, 0.4) is 0 Å². The Labute approximate surface area is 115 Å². The van der Waals surface area contributed by atoms with Crippen LogP contribution in [0.5, 0.6) is 0 Å². The second kappa shape index (κ2) is 5.82. The highest BCUT2D eigenvalue weighted by Gasteiger charge is 2.27. The standard InChI is InChI=1S/C13H17BrN2O2/c1-9(13(15)17)16-5-6-18-12(8-16)10-3-2-4-11(14)7-10/h2-4,7,9,12H,5-6,8H2,1H3,(H2,15,17)/t9-,12+/m1/s1. The van der Waals surface area contributed by atoms with Gasteiger partial charge in [-0.1, -0.05) is 28.1 Å². The number of halogens is 1. The molecule has 0 bridgehead atoms. The van der Waals surface area contributed by atoms with Crippen molar-refractivity contribution in [3.63, 3.8) is 0 Å². The van der Waals surface area contributed by atoms with Crippen molar-refractivity contribution in [3.8, 4) is 0 Å². The molecule has 1 aromatic rings. The first-order chi connectivity index (χ1) is 8.58. The molecule has 1 aliphatic rings. The molecule has 0 unspecified atom stereocenters. The van der Waals surface area contributed by atoms with Crippen molar-refractivity contribution in [3.05, 3.63) is 34.3 Å². The van der Waals surface area contributed by atoms with Gasteiger partial charge in [-0.05, 0) is 24.6 Å². The van der Waals surface area contributed by atoms with E-state index in [-0.39, 0.29) is 18.1 Å². The molecule has 98 valence electrons. The van der Waals surface area contributed by atoms with Gasteiger partial charge in [-0.25, -0.2) is 0 Å². The van der Waals surface area contributed by atoms with Gasteiger partial charge in [0.15, 0.2) is 0 Å². The Bertz CT molecular complexity index is 439. The maximum Gasteiger partial charge on any atom is 0.234 e. The molecule has 0 saturated carbocycles. The molecule has 2 N–H and O–H groups in total. The molecular weight excluding hydrogens is 296 g/mol. The molecule has 1 amide bonds. The molecule has 1 saturated heterocycles. The lowest BCUT2D eigenvalue weighted by molar-refractivity contribution is -0.126. The van der Waals surface area contributed by atoms with Gasteiger partial charge in [0.2, 0.25) is 5.91 Å². The highest BCUT2D eigenvalue weighted by atomic mass is 79.9. The summed E-state index contributed by atoms with van der Waals surface area (Å²) in [6.07, 6.45) is -0.00181. The number of amides is 1. The molecule has 1 heterocycles. The van der Waals surface area contributed by atoms with Crippen molar-refractivity contribution < 1.29 is 9.53 Å². The van der Waals surface area contributed by atoms with Gasteiger partial charge in [0.25, 0.3) is 0 Å². The lowest BCUT2D eigenvalue weighted by Gasteiger charge is -2.35. The van der Waals surface area contributed by atoms with Crippen molar-refractivity contribution in [2.24, 2.45) is 5.73 Å². The minimum absolute atomic E-state index is 0.00181. The summed E-state index contributed by atoms with van der Waals surface area (Å²) in [6, 6.07) is 7.80. The van der Waals surface area contributed by atoms with Crippen LogP contribution >= 0.6 is 15.9 Å². The lowest BCUT2D eigenvalue weighted by Crippen LogP contribution is -2.48. The molecule has 4 nitrogen and oxygen atoms in total. The zero-order valence-corrected chi connectivity index (χ0v) is 11.9. The Balaban J connectivity index is 2.09. The Kier molecular flexibility index (Phi) is 4.37. The van der Waals surface area contributed by atoms with E-state index in [0.717, 1.165) is 16.6 Å². The zero-order valence-electron chi connectivity index (χ0n) is 10.3. The Morgan fingerprint density at radius 1 is 1.61 bits per heavy atom. The van der Waals surface area contributed by atoms with E-state index in [9.17, 15) is 4.79 Å². The van der Waals surface area contributed by atoms with Gasteiger partial charge in [0.05, 0.1) is 18.8 Å². The molecule has 2 rings (SSSR count). The van der Waals surface area contributed by atoms with E-state index in [4.69, 9.17) is 10.5 Å². The predicted octanol–water partition coefficient (Wildman–Crippen LogP) is 1.70. The van der Waals surface area contributed by atoms with E-state index in [0.29, 0.717) is 13.2 Å². The number of ether oxygens (including phenoxy) is 1. The summed E-state index contributed by atoms with van der Waals surface area (Å²) in [5.41, 5.74) is 6.46. The van der Waals surface area contributed by atoms with Crippen molar-refractivity contribution in [2.75, 3.05) is 19.7 Å². The first kappa shape index (κ1) is 13.5. The van der Waals surface area contributed by atoms with Crippen LogP contribution in [-0.4, -0.2) is 36.5 Å². The summed E-state index contributed by atoms with van der Waals surface area (Å²) in [5.74, 6) is -0.287. The van der Waals surface area contributed by atoms with E-state index in [1.165, 1.54) is 0 Å². The highest BCUT2D eigenvalue weighted by Crippen LogP contribution is 2.25. The van der Waals surface area contributed by atoms with Gasteiger partial charge in [-0.2, -0.15) is 0 Å². The summed E-state index contributed by atoms with van der Waals surface area (Å²) >= 11 is 3.45. The average Bonchev–Trinajstić information content (AvgIpc) is 2.38. The number of morpholine rings is 1. The van der Waals surface area contributed by atoms with Crippen LogP contribution in [0.15, 0.2) is 28.7 Å². The van der Waals surface area contributed by atoms with E-state index in [1.54, 1.807) is 0 Å². The van der Waals surface area contributed by atoms with Crippen LogP contribution in [0, 0.1) is 0 Å². The summed E-state index contributed by atoms with van der Waals surface area (Å²) in [6.45, 7) is 3.90. The SMILES string of the molecule is C[C@H](C(N)=O)N1CCO[C@H](c2cccc(Br)c2)C1. The number of nitrogens with zero attached hydrogens (tertiary/aromatic N) is 1. The summed E-state index contributed by atoms with van der Waals surface area (Å²) in [7, 11) is 0. The molecule has 0 spiro atoms. The molecule has 18 heavy (non-hydrogen) atoms. The van der Waals surface area contributed by atoms with Crippen molar-refractivity contribution in [1.29, 1.82) is 0 Å². The largest absolute Gasteiger partial charge is 0.371 e. The third-order valence-electron chi connectivity index (χ3n) is 3.28. The van der Waals surface area contributed by atoms with Gasteiger partial charge in [-0.15, -0.1) is 0 Å². The fourth-order valence-corrected chi connectivity index (χ4v) is 2.53. The maximum absolute atomic E-state index is 11.2. The van der Waals surface area contributed by atoms with Gasteiger partial charge in [0, 0.05) is 17.6 Å². The van der Waals surface area contributed by atoms with Crippen LogP contribution < -0.4 is 5.73 Å². The van der Waals surface area contributed by atoms with Gasteiger partial charge in [0.1, 0.15) is 0 Å². The van der Waals surface area contributed by atoms with E-state index in [1.807, 2.05) is 31.2 Å². The van der Waals surface area contributed by atoms with Crippen LogP contribution in [0.4, 0.5) is 0 Å². The van der Waals surface area contributed by atoms with Crippen LogP contribution in [0.2, 0.25) is 0 Å². The number of hydrogen-bond donors (Lipinski definition) is 1. The summed E-state index contributed by atoms with van der Waals surface area (Å²) < 4.78 is 6.80. The molecule has 0 aromatic heterocycles. The zero-order chi connectivity index (χ0) is 13.1. The number of benzene rings is 1. The first-order valence-electron chi connectivity index (χ1n) is 5.98. The second-order valence-electron chi connectivity index (χ2n) is 4.49. The van der Waals surface area contributed by atoms with Crippen molar-refractivity contribution >= 4 is 21.8 Å². The number of rotatable bonds is 3. The predicted molar refractivity (Wildman–Crippen MR) is 73.1 cm³/mol. The number of nitrogens with two attached hydrogens (primary N) is 1. The monoisotopic (exact) mass is 312 g/mol. The number of hydrogen-bond acceptors (Lipinski definition) is 3. The van der Waals surface area contributed by atoms with Gasteiger partial charge < -0.3 is 10.5 Å². The van der Waals surface area contributed by atoms with Gasteiger partial charge >= 0.3 is 0 Å². The quantitative estimate of drug-likeness (QED) is 0.924. The Morgan fingerprint density at radius 3 is 3.06 bits per heavy atom. The Hall–Kier alpha value is -0.910. The number of primary amides is 1. The third kappa shape index (κ3) is 3.10. The summed E-state index contributed by atoms with van der Waals surface area (Å²) in [5, 5.41) is 0. The fourth-order valence-electron chi connectivity index (χ4n) is 2.11. The van der Waals surface area contributed by atoms with Gasteiger partial charge in [-0.3, -0.25) is 9.69 Å². The number of carbonyl (C=O) groups excluding carboxylic acids is 1. The smallest absolute Gasteiger partial charge is 0.234 e. The van der Waals surface area contributed by atoms with Crippen molar-refractivity contribution in [2.45, 2.75) is 19.1 Å². The minimum atomic E-state index is -0.287.